The summed E-state index contributed by atoms with van der Waals surface area (Å²) in [4.78, 5) is 2.44. The topological polar surface area (TPSA) is 3.24 Å². The molecule has 2 aliphatic rings. The van der Waals surface area contributed by atoms with Crippen LogP contribution in [0.2, 0.25) is 0 Å². The summed E-state index contributed by atoms with van der Waals surface area (Å²) in [5.74, 6) is 0. The lowest BCUT2D eigenvalue weighted by Crippen LogP contribution is -2.14. The lowest BCUT2D eigenvalue weighted by molar-refractivity contribution is 0.660. The summed E-state index contributed by atoms with van der Waals surface area (Å²) in [6, 6.07) is 56.8. The van der Waals surface area contributed by atoms with Gasteiger partial charge in [0.05, 0.1) is 0 Å². The Morgan fingerprint density at radius 3 is 2.02 bits per heavy atom. The molecule has 0 radical (unpaired) electrons. The van der Waals surface area contributed by atoms with Crippen LogP contribution in [-0.4, -0.2) is 0 Å². The molecule has 0 bridgehead atoms. The van der Waals surface area contributed by atoms with Gasteiger partial charge in [-0.2, -0.15) is 0 Å². The first kappa shape index (κ1) is 31.3. The van der Waals surface area contributed by atoms with E-state index in [-0.39, 0.29) is 5.41 Å². The molecule has 1 aromatic heterocycles. The molecule has 0 saturated heterocycles. The maximum absolute atomic E-state index is 2.44. The maximum atomic E-state index is 2.44. The van der Waals surface area contributed by atoms with Crippen LogP contribution in [0.3, 0.4) is 0 Å². The van der Waals surface area contributed by atoms with E-state index in [1.807, 2.05) is 11.3 Å². The van der Waals surface area contributed by atoms with Crippen molar-refractivity contribution in [2.45, 2.75) is 25.7 Å². The molecule has 1 heterocycles. The van der Waals surface area contributed by atoms with Crippen molar-refractivity contribution in [2.75, 3.05) is 4.90 Å². The van der Waals surface area contributed by atoms with Crippen LogP contribution >= 0.6 is 11.3 Å². The number of rotatable bonds is 4. The van der Waals surface area contributed by atoms with Crippen molar-refractivity contribution < 1.29 is 0 Å². The molecule has 9 aromatic rings. The van der Waals surface area contributed by atoms with E-state index in [0.717, 1.165) is 23.5 Å². The van der Waals surface area contributed by atoms with E-state index in [2.05, 4.69) is 195 Å². The van der Waals surface area contributed by atoms with Crippen molar-refractivity contribution in [3.63, 3.8) is 0 Å². The Kier molecular flexibility index (Phi) is 6.90. The molecular formula is C52H37NS. The fourth-order valence-electron chi connectivity index (χ4n) is 9.23. The van der Waals surface area contributed by atoms with E-state index in [4.69, 9.17) is 0 Å². The highest BCUT2D eigenvalue weighted by Crippen LogP contribution is 2.50. The van der Waals surface area contributed by atoms with E-state index in [0.29, 0.717) is 0 Å². The van der Waals surface area contributed by atoms with Gasteiger partial charge in [0, 0.05) is 42.6 Å². The lowest BCUT2D eigenvalue weighted by atomic mass is 9.81. The summed E-state index contributed by atoms with van der Waals surface area (Å²) < 4.78 is 2.63. The summed E-state index contributed by atoms with van der Waals surface area (Å²) in [7, 11) is 0. The first-order valence-corrected chi connectivity index (χ1v) is 19.7. The number of thiophene rings is 1. The number of allylic oxidation sites excluding steroid dienone is 3. The Morgan fingerprint density at radius 2 is 1.15 bits per heavy atom. The highest BCUT2D eigenvalue weighted by atomic mass is 32.1. The standard InChI is InChI=1S/C52H37NS/c1-52(2)48-18-10-8-16-43(48)44-27-22-34(30-49(44)52)33-20-23-35(24-21-33)53(37-26-29-51-47(32-37)45-17-9-11-19-50(45)54-51)36-25-28-42-40-13-5-3-4-12-38(40)39-14-6-7-15-41(39)46(42)31-36/h3-11,13-32H,12H2,1-2H3. The molecule has 0 fully saturated rings. The largest absolute Gasteiger partial charge is 0.310 e. The summed E-state index contributed by atoms with van der Waals surface area (Å²) >= 11 is 1.87. The Morgan fingerprint density at radius 1 is 0.481 bits per heavy atom. The Bertz CT molecular complexity index is 3050. The summed E-state index contributed by atoms with van der Waals surface area (Å²) in [5.41, 5.74) is 14.1. The Balaban J connectivity index is 1.08. The number of hydrogen-bond acceptors (Lipinski definition) is 2. The Labute approximate surface area is 319 Å². The van der Waals surface area contributed by atoms with Gasteiger partial charge in [0.15, 0.2) is 0 Å². The Hall–Kier alpha value is -6.22. The average molecular weight is 708 g/mol. The molecule has 54 heavy (non-hydrogen) atoms. The smallest absolute Gasteiger partial charge is 0.0468 e. The first-order chi connectivity index (χ1) is 26.5. The minimum atomic E-state index is -0.0336. The third-order valence-corrected chi connectivity index (χ3v) is 13.1. The molecular weight excluding hydrogens is 671 g/mol. The van der Waals surface area contributed by atoms with E-state index < -0.39 is 0 Å². The van der Waals surface area contributed by atoms with Gasteiger partial charge in [-0.1, -0.05) is 135 Å². The van der Waals surface area contributed by atoms with Gasteiger partial charge in [-0.3, -0.25) is 0 Å². The molecule has 0 spiro atoms. The number of anilines is 3. The molecule has 0 unspecified atom stereocenters. The normalized spacial score (nSPS) is 14.0. The van der Waals surface area contributed by atoms with Crippen molar-refractivity contribution in [3.05, 3.63) is 192 Å². The monoisotopic (exact) mass is 707 g/mol. The van der Waals surface area contributed by atoms with Gasteiger partial charge in [-0.15, -0.1) is 11.3 Å². The minimum Gasteiger partial charge on any atom is -0.310 e. The van der Waals surface area contributed by atoms with Gasteiger partial charge < -0.3 is 4.90 Å². The third-order valence-electron chi connectivity index (χ3n) is 11.9. The van der Waals surface area contributed by atoms with Crippen molar-refractivity contribution in [3.8, 4) is 22.3 Å². The van der Waals surface area contributed by atoms with Gasteiger partial charge >= 0.3 is 0 Å². The molecule has 0 aliphatic heterocycles. The molecule has 2 heteroatoms. The van der Waals surface area contributed by atoms with Crippen molar-refractivity contribution >= 4 is 76.2 Å². The van der Waals surface area contributed by atoms with Crippen LogP contribution in [0.15, 0.2) is 170 Å². The molecule has 1 nitrogen and oxygen atoms in total. The molecule has 0 N–H and O–H groups in total. The van der Waals surface area contributed by atoms with E-state index in [1.54, 1.807) is 0 Å². The van der Waals surface area contributed by atoms with Crippen LogP contribution in [0.5, 0.6) is 0 Å². The molecule has 0 saturated carbocycles. The average Bonchev–Trinajstić information content (AvgIpc) is 3.55. The number of nitrogens with zero attached hydrogens (tertiary/aromatic N) is 1. The van der Waals surface area contributed by atoms with Gasteiger partial charge in [0.1, 0.15) is 0 Å². The SMILES string of the molecule is CC1(C)c2ccccc2-c2ccc(-c3ccc(N(c4ccc5sc6ccccc6c5c4)c4ccc5c6c(c7ccccc7c5c4)CC=CC=C6)cc3)cc21. The molecule has 256 valence electrons. The van der Waals surface area contributed by atoms with E-state index in [9.17, 15) is 0 Å². The second kappa shape index (κ2) is 11.9. The van der Waals surface area contributed by atoms with Crippen LogP contribution in [0.1, 0.15) is 36.1 Å². The molecule has 2 aliphatic carbocycles. The van der Waals surface area contributed by atoms with Crippen molar-refractivity contribution in [2.24, 2.45) is 0 Å². The van der Waals surface area contributed by atoms with Crippen LogP contribution in [0.25, 0.3) is 70.0 Å². The summed E-state index contributed by atoms with van der Waals surface area (Å²) in [6.45, 7) is 4.71. The van der Waals surface area contributed by atoms with Crippen LogP contribution < -0.4 is 4.90 Å². The highest BCUT2D eigenvalue weighted by molar-refractivity contribution is 7.25. The molecule has 0 atom stereocenters. The lowest BCUT2D eigenvalue weighted by Gasteiger charge is -2.27. The van der Waals surface area contributed by atoms with Gasteiger partial charge in [0.25, 0.3) is 0 Å². The molecule has 8 aromatic carbocycles. The summed E-state index contributed by atoms with van der Waals surface area (Å²) in [5, 5.41) is 7.81. The van der Waals surface area contributed by atoms with E-state index in [1.165, 1.54) is 86.2 Å². The third kappa shape index (κ3) is 4.70. The molecule has 0 amide bonds. The van der Waals surface area contributed by atoms with Crippen LogP contribution in [0.4, 0.5) is 17.1 Å². The van der Waals surface area contributed by atoms with Crippen LogP contribution in [0, 0.1) is 0 Å². The van der Waals surface area contributed by atoms with Crippen molar-refractivity contribution in [1.82, 2.24) is 0 Å². The zero-order chi connectivity index (χ0) is 36.0. The summed E-state index contributed by atoms with van der Waals surface area (Å²) in [6.07, 6.45) is 9.85. The fraction of sp³-hybridized carbons (Fsp3) is 0.0769. The second-order valence-electron chi connectivity index (χ2n) is 15.3. The van der Waals surface area contributed by atoms with Gasteiger partial charge in [-0.05, 0) is 127 Å². The zero-order valence-corrected chi connectivity index (χ0v) is 31.1. The fourth-order valence-corrected chi connectivity index (χ4v) is 10.3. The quantitative estimate of drug-likeness (QED) is 0.165. The minimum absolute atomic E-state index is 0.0336. The second-order valence-corrected chi connectivity index (χ2v) is 16.3. The van der Waals surface area contributed by atoms with Gasteiger partial charge in [0.2, 0.25) is 0 Å². The number of hydrogen-bond donors (Lipinski definition) is 0. The predicted octanol–water partition coefficient (Wildman–Crippen LogP) is 14.9. The van der Waals surface area contributed by atoms with Gasteiger partial charge in [-0.25, -0.2) is 0 Å². The predicted molar refractivity (Wildman–Crippen MR) is 234 cm³/mol. The van der Waals surface area contributed by atoms with E-state index >= 15 is 0 Å². The molecule has 11 rings (SSSR count). The zero-order valence-electron chi connectivity index (χ0n) is 30.3. The highest BCUT2D eigenvalue weighted by Gasteiger charge is 2.35. The maximum Gasteiger partial charge on any atom is 0.0468 e. The number of fused-ring (bicyclic) bond motifs is 12. The first-order valence-electron chi connectivity index (χ1n) is 18.9. The van der Waals surface area contributed by atoms with Crippen molar-refractivity contribution in [1.29, 1.82) is 0 Å². The van der Waals surface area contributed by atoms with Crippen LogP contribution in [-0.2, 0) is 11.8 Å². The number of benzene rings is 8.